The van der Waals surface area contributed by atoms with Crippen LogP contribution in [0.15, 0.2) is 42.5 Å². The van der Waals surface area contributed by atoms with Crippen LogP contribution < -0.4 is 16.0 Å². The number of aryl methyl sites for hydroxylation is 2. The van der Waals surface area contributed by atoms with Gasteiger partial charge in [0.25, 0.3) is 5.91 Å². The molecule has 2 aromatic rings. The van der Waals surface area contributed by atoms with Crippen molar-refractivity contribution in [1.29, 1.82) is 0 Å². The Kier molecular flexibility index (Phi) is 8.19. The van der Waals surface area contributed by atoms with Crippen LogP contribution >= 0.6 is 0 Å². The molecule has 172 valence electrons. The summed E-state index contributed by atoms with van der Waals surface area (Å²) >= 11 is 0. The van der Waals surface area contributed by atoms with Gasteiger partial charge in [0.1, 0.15) is 6.04 Å². The smallest absolute Gasteiger partial charge is 0.251 e. The van der Waals surface area contributed by atoms with Crippen molar-refractivity contribution >= 4 is 23.4 Å². The van der Waals surface area contributed by atoms with Gasteiger partial charge in [0, 0.05) is 11.3 Å². The first-order valence-corrected chi connectivity index (χ1v) is 11.0. The lowest BCUT2D eigenvalue weighted by Gasteiger charge is -2.22. The van der Waals surface area contributed by atoms with Gasteiger partial charge in [0.15, 0.2) is 0 Å². The molecule has 32 heavy (non-hydrogen) atoms. The van der Waals surface area contributed by atoms with E-state index in [9.17, 15) is 14.4 Å². The summed E-state index contributed by atoms with van der Waals surface area (Å²) < 4.78 is 0. The number of anilines is 1. The van der Waals surface area contributed by atoms with Crippen LogP contribution in [0.25, 0.3) is 0 Å². The number of rotatable bonds is 7. The maximum absolute atomic E-state index is 12.7. The summed E-state index contributed by atoms with van der Waals surface area (Å²) in [5, 5.41) is 8.29. The zero-order valence-electron chi connectivity index (χ0n) is 20.1. The highest BCUT2D eigenvalue weighted by atomic mass is 16.2. The average Bonchev–Trinajstić information content (AvgIpc) is 2.72. The molecular weight excluding hydrogens is 402 g/mol. The van der Waals surface area contributed by atoms with Crippen LogP contribution in [-0.4, -0.2) is 30.3 Å². The number of hydrogen-bond acceptors (Lipinski definition) is 3. The maximum atomic E-state index is 12.7. The van der Waals surface area contributed by atoms with Gasteiger partial charge in [0.05, 0.1) is 6.54 Å². The number of hydrogen-bond donors (Lipinski definition) is 3. The zero-order valence-corrected chi connectivity index (χ0v) is 20.1. The first kappa shape index (κ1) is 25.1. The Morgan fingerprint density at radius 1 is 0.906 bits per heavy atom. The lowest BCUT2D eigenvalue weighted by atomic mass is 9.86. The van der Waals surface area contributed by atoms with E-state index in [-0.39, 0.29) is 29.7 Å². The van der Waals surface area contributed by atoms with Crippen LogP contribution in [0.4, 0.5) is 5.69 Å². The molecule has 0 aliphatic heterocycles. The second kappa shape index (κ2) is 10.4. The normalized spacial score (nSPS) is 12.2. The van der Waals surface area contributed by atoms with E-state index < -0.39 is 11.9 Å². The Labute approximate surface area is 191 Å². The summed E-state index contributed by atoms with van der Waals surface area (Å²) in [5.74, 6) is -1.17. The second-order valence-corrected chi connectivity index (χ2v) is 9.56. The summed E-state index contributed by atoms with van der Waals surface area (Å²) in [4.78, 5) is 37.8. The van der Waals surface area contributed by atoms with Crippen LogP contribution in [0.5, 0.6) is 0 Å². The predicted octanol–water partition coefficient (Wildman–Crippen LogP) is 4.11. The minimum absolute atomic E-state index is 0.00718. The predicted molar refractivity (Wildman–Crippen MR) is 129 cm³/mol. The molecule has 0 fully saturated rings. The standard InChI is InChI=1S/C26H35N3O3/c1-16(2)22(29-24(31)19-11-13-20(14-12-19)26(5,6)7)25(32)27-15-21(30)28-23-17(3)9-8-10-18(23)4/h8-14,16,22H,15H2,1-7H3,(H,27,32)(H,28,30)(H,29,31)/t22-/m1/s1. The quantitative estimate of drug-likeness (QED) is 0.609. The molecule has 1 atom stereocenters. The van der Waals surface area contributed by atoms with E-state index in [0.717, 1.165) is 22.4 Å². The van der Waals surface area contributed by atoms with Gasteiger partial charge in [-0.1, -0.05) is 65.0 Å². The Balaban J connectivity index is 1.98. The molecule has 0 radical (unpaired) electrons. The topological polar surface area (TPSA) is 87.3 Å². The van der Waals surface area contributed by atoms with E-state index in [0.29, 0.717) is 5.56 Å². The fourth-order valence-corrected chi connectivity index (χ4v) is 3.35. The summed E-state index contributed by atoms with van der Waals surface area (Å²) in [6.07, 6.45) is 0. The van der Waals surface area contributed by atoms with E-state index in [1.165, 1.54) is 0 Å². The number of para-hydroxylation sites is 1. The molecule has 6 nitrogen and oxygen atoms in total. The van der Waals surface area contributed by atoms with Gasteiger partial charge in [-0.25, -0.2) is 0 Å². The SMILES string of the molecule is Cc1cccc(C)c1NC(=O)CNC(=O)[C@H](NC(=O)c1ccc(C(C)(C)C)cc1)C(C)C. The number of benzene rings is 2. The lowest BCUT2D eigenvalue weighted by molar-refractivity contribution is -0.126. The zero-order chi connectivity index (χ0) is 24.1. The molecule has 0 spiro atoms. The Hall–Kier alpha value is -3.15. The van der Waals surface area contributed by atoms with Gasteiger partial charge < -0.3 is 16.0 Å². The Morgan fingerprint density at radius 2 is 1.47 bits per heavy atom. The summed E-state index contributed by atoms with van der Waals surface area (Å²) in [5.41, 5.74) is 4.27. The third-order valence-corrected chi connectivity index (χ3v) is 5.42. The van der Waals surface area contributed by atoms with Crippen molar-refractivity contribution in [2.75, 3.05) is 11.9 Å². The molecule has 3 N–H and O–H groups in total. The summed E-state index contributed by atoms with van der Waals surface area (Å²) in [6.45, 7) is 13.7. The highest BCUT2D eigenvalue weighted by Crippen LogP contribution is 2.22. The van der Waals surface area contributed by atoms with Gasteiger partial charge in [-0.15, -0.1) is 0 Å². The van der Waals surface area contributed by atoms with Crippen LogP contribution in [-0.2, 0) is 15.0 Å². The van der Waals surface area contributed by atoms with Gasteiger partial charge in [-0.05, 0) is 54.0 Å². The van der Waals surface area contributed by atoms with Crippen LogP contribution in [0.1, 0.15) is 61.7 Å². The molecular formula is C26H35N3O3. The number of nitrogens with one attached hydrogen (secondary N) is 3. The van der Waals surface area contributed by atoms with E-state index in [2.05, 4.69) is 36.7 Å². The first-order valence-electron chi connectivity index (χ1n) is 11.0. The largest absolute Gasteiger partial charge is 0.345 e. The molecule has 0 aliphatic carbocycles. The summed E-state index contributed by atoms with van der Waals surface area (Å²) in [6, 6.07) is 12.4. The molecule has 0 bridgehead atoms. The number of carbonyl (C=O) groups excluding carboxylic acids is 3. The molecule has 3 amide bonds. The van der Waals surface area contributed by atoms with E-state index in [1.807, 2.05) is 58.0 Å². The van der Waals surface area contributed by atoms with Crippen LogP contribution in [0, 0.1) is 19.8 Å². The average molecular weight is 438 g/mol. The van der Waals surface area contributed by atoms with Crippen molar-refractivity contribution in [1.82, 2.24) is 10.6 Å². The van der Waals surface area contributed by atoms with Gasteiger partial charge in [-0.2, -0.15) is 0 Å². The van der Waals surface area contributed by atoms with E-state index >= 15 is 0 Å². The second-order valence-electron chi connectivity index (χ2n) is 9.56. The third-order valence-electron chi connectivity index (χ3n) is 5.42. The minimum atomic E-state index is -0.752. The summed E-state index contributed by atoms with van der Waals surface area (Å²) in [7, 11) is 0. The fourth-order valence-electron chi connectivity index (χ4n) is 3.35. The van der Waals surface area contributed by atoms with E-state index in [1.54, 1.807) is 12.1 Å². The van der Waals surface area contributed by atoms with Crippen molar-refractivity contribution in [3.8, 4) is 0 Å². The molecule has 0 saturated carbocycles. The van der Waals surface area contributed by atoms with Crippen LogP contribution in [0.2, 0.25) is 0 Å². The van der Waals surface area contributed by atoms with Crippen molar-refractivity contribution in [2.24, 2.45) is 5.92 Å². The highest BCUT2D eigenvalue weighted by Gasteiger charge is 2.25. The minimum Gasteiger partial charge on any atom is -0.345 e. The van der Waals surface area contributed by atoms with Crippen molar-refractivity contribution < 1.29 is 14.4 Å². The molecule has 0 unspecified atom stereocenters. The lowest BCUT2D eigenvalue weighted by Crippen LogP contribution is -2.51. The fraction of sp³-hybridized carbons (Fsp3) is 0.423. The number of amides is 3. The molecule has 0 saturated heterocycles. The van der Waals surface area contributed by atoms with Crippen molar-refractivity contribution in [3.05, 3.63) is 64.7 Å². The molecule has 2 rings (SSSR count). The molecule has 0 aliphatic rings. The van der Waals surface area contributed by atoms with Gasteiger partial charge >= 0.3 is 0 Å². The molecule has 0 aromatic heterocycles. The number of carbonyl (C=O) groups is 3. The molecule has 6 heteroatoms. The van der Waals surface area contributed by atoms with Crippen molar-refractivity contribution in [2.45, 2.75) is 59.9 Å². The Bertz CT molecular complexity index is 953. The maximum Gasteiger partial charge on any atom is 0.251 e. The third kappa shape index (κ3) is 6.67. The van der Waals surface area contributed by atoms with E-state index in [4.69, 9.17) is 0 Å². The van der Waals surface area contributed by atoms with Crippen molar-refractivity contribution in [3.63, 3.8) is 0 Å². The van der Waals surface area contributed by atoms with Gasteiger partial charge in [0.2, 0.25) is 11.8 Å². The molecule has 0 heterocycles. The van der Waals surface area contributed by atoms with Crippen LogP contribution in [0.3, 0.4) is 0 Å². The Morgan fingerprint density at radius 3 is 1.97 bits per heavy atom. The highest BCUT2D eigenvalue weighted by molar-refractivity contribution is 5.99. The monoisotopic (exact) mass is 437 g/mol. The molecule has 2 aromatic carbocycles. The first-order chi connectivity index (χ1) is 14.9. The van der Waals surface area contributed by atoms with Gasteiger partial charge in [-0.3, -0.25) is 14.4 Å².